The van der Waals surface area contributed by atoms with Crippen LogP contribution < -0.4 is 5.32 Å². The van der Waals surface area contributed by atoms with Gasteiger partial charge in [-0.1, -0.05) is 12.8 Å². The fraction of sp³-hybridized carbons (Fsp3) is 0.600. The molecule has 114 valence electrons. The summed E-state index contributed by atoms with van der Waals surface area (Å²) in [5, 5.41) is 2.67. The first-order valence-corrected chi connectivity index (χ1v) is 7.61. The van der Waals surface area contributed by atoms with Crippen LogP contribution in [0.3, 0.4) is 0 Å². The molecule has 0 bridgehead atoms. The van der Waals surface area contributed by atoms with Crippen molar-refractivity contribution in [2.45, 2.75) is 31.7 Å². The Morgan fingerprint density at radius 2 is 2.24 bits per heavy atom. The molecule has 3 heterocycles. The lowest BCUT2D eigenvalue weighted by Gasteiger charge is -2.28. The predicted octanol–water partition coefficient (Wildman–Crippen LogP) is 1.75. The van der Waals surface area contributed by atoms with Crippen LogP contribution in [-0.4, -0.2) is 47.9 Å². The summed E-state index contributed by atoms with van der Waals surface area (Å²) in [6.07, 6.45) is 6.06. The van der Waals surface area contributed by atoms with E-state index in [9.17, 15) is 9.59 Å². The molecule has 2 aliphatic heterocycles. The molecule has 2 saturated heterocycles. The minimum atomic E-state index is -0.274. The molecule has 0 aliphatic carbocycles. The lowest BCUT2D eigenvalue weighted by atomic mass is 10.1. The predicted molar refractivity (Wildman–Crippen MR) is 76.6 cm³/mol. The molecular formula is C15H21N3O3. The molecule has 2 fully saturated rings. The standard InChI is InChI=1S/C15H21N3O3/c19-14(18-9-7-16-15(18)20)11-17-8-3-1-2-5-12(17)13-6-4-10-21-13/h4,6,10,12H,1-3,5,7-9,11H2,(H,16,20). The first-order chi connectivity index (χ1) is 10.3. The Morgan fingerprint density at radius 1 is 1.33 bits per heavy atom. The third-order valence-electron chi connectivity index (χ3n) is 4.23. The molecule has 1 unspecified atom stereocenters. The highest BCUT2D eigenvalue weighted by Crippen LogP contribution is 2.30. The highest BCUT2D eigenvalue weighted by atomic mass is 16.3. The Kier molecular flexibility index (Phi) is 4.24. The normalized spacial score (nSPS) is 23.9. The Labute approximate surface area is 124 Å². The minimum absolute atomic E-state index is 0.122. The first kappa shape index (κ1) is 14.1. The topological polar surface area (TPSA) is 65.8 Å². The Morgan fingerprint density at radius 3 is 2.95 bits per heavy atom. The summed E-state index contributed by atoms with van der Waals surface area (Å²) in [5.41, 5.74) is 0. The van der Waals surface area contributed by atoms with Gasteiger partial charge >= 0.3 is 6.03 Å². The van der Waals surface area contributed by atoms with Crippen molar-refractivity contribution in [3.8, 4) is 0 Å². The Balaban J connectivity index is 1.71. The number of furan rings is 1. The van der Waals surface area contributed by atoms with Gasteiger partial charge in [0.05, 0.1) is 18.8 Å². The van der Waals surface area contributed by atoms with Gasteiger partial charge in [0.1, 0.15) is 5.76 Å². The van der Waals surface area contributed by atoms with E-state index in [-0.39, 0.29) is 24.5 Å². The zero-order chi connectivity index (χ0) is 14.7. The minimum Gasteiger partial charge on any atom is -0.468 e. The van der Waals surface area contributed by atoms with Gasteiger partial charge in [-0.15, -0.1) is 0 Å². The average Bonchev–Trinajstić information content (AvgIpc) is 3.09. The van der Waals surface area contributed by atoms with E-state index in [1.165, 1.54) is 11.3 Å². The van der Waals surface area contributed by atoms with Crippen molar-refractivity contribution in [1.29, 1.82) is 0 Å². The number of rotatable bonds is 3. The first-order valence-electron chi connectivity index (χ1n) is 7.61. The van der Waals surface area contributed by atoms with E-state index >= 15 is 0 Å². The molecule has 1 atom stereocenters. The maximum Gasteiger partial charge on any atom is 0.324 e. The van der Waals surface area contributed by atoms with E-state index in [1.807, 2.05) is 12.1 Å². The zero-order valence-corrected chi connectivity index (χ0v) is 12.1. The number of carbonyl (C=O) groups is 2. The third kappa shape index (κ3) is 3.10. The fourth-order valence-corrected chi connectivity index (χ4v) is 3.13. The van der Waals surface area contributed by atoms with Crippen LogP contribution in [0.5, 0.6) is 0 Å². The lowest BCUT2D eigenvalue weighted by molar-refractivity contribution is -0.129. The molecule has 1 N–H and O–H groups in total. The number of amides is 3. The molecular weight excluding hydrogens is 270 g/mol. The largest absolute Gasteiger partial charge is 0.468 e. The summed E-state index contributed by atoms with van der Waals surface area (Å²) >= 11 is 0. The van der Waals surface area contributed by atoms with Crippen LogP contribution in [-0.2, 0) is 4.79 Å². The van der Waals surface area contributed by atoms with Gasteiger partial charge in [-0.25, -0.2) is 4.79 Å². The number of imide groups is 1. The maximum absolute atomic E-state index is 12.3. The summed E-state index contributed by atoms with van der Waals surface area (Å²) in [6.45, 7) is 2.16. The number of hydrogen-bond acceptors (Lipinski definition) is 4. The smallest absolute Gasteiger partial charge is 0.324 e. The van der Waals surface area contributed by atoms with E-state index in [0.717, 1.165) is 31.6 Å². The molecule has 0 aromatic carbocycles. The van der Waals surface area contributed by atoms with Gasteiger partial charge in [0.15, 0.2) is 0 Å². The lowest BCUT2D eigenvalue weighted by Crippen LogP contribution is -2.43. The van der Waals surface area contributed by atoms with E-state index in [4.69, 9.17) is 4.42 Å². The maximum atomic E-state index is 12.3. The Hall–Kier alpha value is -1.82. The van der Waals surface area contributed by atoms with Crippen molar-refractivity contribution in [3.05, 3.63) is 24.2 Å². The second kappa shape index (κ2) is 6.30. The van der Waals surface area contributed by atoms with Crippen molar-refractivity contribution in [3.63, 3.8) is 0 Å². The molecule has 3 amide bonds. The highest BCUT2D eigenvalue weighted by Gasteiger charge is 2.31. The summed E-state index contributed by atoms with van der Waals surface area (Å²) in [6, 6.07) is 3.71. The quantitative estimate of drug-likeness (QED) is 0.921. The zero-order valence-electron chi connectivity index (χ0n) is 12.1. The van der Waals surface area contributed by atoms with Crippen molar-refractivity contribution in [2.75, 3.05) is 26.2 Å². The number of likely N-dealkylation sites (tertiary alicyclic amines) is 1. The van der Waals surface area contributed by atoms with Gasteiger partial charge in [-0.3, -0.25) is 14.6 Å². The van der Waals surface area contributed by atoms with Crippen molar-refractivity contribution < 1.29 is 14.0 Å². The van der Waals surface area contributed by atoms with Crippen molar-refractivity contribution in [2.24, 2.45) is 0 Å². The van der Waals surface area contributed by atoms with Gasteiger partial charge in [0, 0.05) is 13.1 Å². The van der Waals surface area contributed by atoms with Gasteiger partial charge in [-0.05, 0) is 31.5 Å². The van der Waals surface area contributed by atoms with Crippen LogP contribution in [0.25, 0.3) is 0 Å². The van der Waals surface area contributed by atoms with Crippen LogP contribution in [0.2, 0.25) is 0 Å². The average molecular weight is 291 g/mol. The molecule has 0 radical (unpaired) electrons. The third-order valence-corrected chi connectivity index (χ3v) is 4.23. The molecule has 0 saturated carbocycles. The summed E-state index contributed by atoms with van der Waals surface area (Å²) in [4.78, 5) is 27.4. The van der Waals surface area contributed by atoms with Crippen LogP contribution in [0.15, 0.2) is 22.8 Å². The van der Waals surface area contributed by atoms with Gasteiger partial charge in [-0.2, -0.15) is 0 Å². The van der Waals surface area contributed by atoms with E-state index in [1.54, 1.807) is 6.26 Å². The number of nitrogens with zero attached hydrogens (tertiary/aromatic N) is 2. The van der Waals surface area contributed by atoms with Gasteiger partial charge < -0.3 is 9.73 Å². The summed E-state index contributed by atoms with van der Waals surface area (Å²) in [7, 11) is 0. The van der Waals surface area contributed by atoms with E-state index in [0.29, 0.717) is 13.1 Å². The molecule has 1 aromatic heterocycles. The Bertz CT molecular complexity index is 500. The van der Waals surface area contributed by atoms with Gasteiger partial charge in [0.25, 0.3) is 0 Å². The van der Waals surface area contributed by atoms with Crippen molar-refractivity contribution >= 4 is 11.9 Å². The highest BCUT2D eigenvalue weighted by molar-refractivity contribution is 5.96. The second-order valence-corrected chi connectivity index (χ2v) is 5.63. The van der Waals surface area contributed by atoms with Crippen LogP contribution in [0.4, 0.5) is 4.79 Å². The number of hydrogen-bond donors (Lipinski definition) is 1. The van der Waals surface area contributed by atoms with Crippen LogP contribution in [0.1, 0.15) is 37.5 Å². The van der Waals surface area contributed by atoms with Crippen LogP contribution >= 0.6 is 0 Å². The number of nitrogens with one attached hydrogen (secondary N) is 1. The number of urea groups is 1. The van der Waals surface area contributed by atoms with Crippen LogP contribution in [0, 0.1) is 0 Å². The molecule has 3 rings (SSSR count). The second-order valence-electron chi connectivity index (χ2n) is 5.63. The summed E-state index contributed by atoms with van der Waals surface area (Å²) in [5.74, 6) is 0.791. The number of carbonyl (C=O) groups excluding carboxylic acids is 2. The van der Waals surface area contributed by atoms with Crippen molar-refractivity contribution in [1.82, 2.24) is 15.1 Å². The molecule has 1 aromatic rings. The molecule has 21 heavy (non-hydrogen) atoms. The summed E-state index contributed by atoms with van der Waals surface area (Å²) < 4.78 is 5.54. The molecule has 6 nitrogen and oxygen atoms in total. The monoisotopic (exact) mass is 291 g/mol. The molecule has 6 heteroatoms. The van der Waals surface area contributed by atoms with E-state index in [2.05, 4.69) is 10.2 Å². The van der Waals surface area contributed by atoms with E-state index < -0.39 is 0 Å². The molecule has 0 spiro atoms. The fourth-order valence-electron chi connectivity index (χ4n) is 3.13. The van der Waals surface area contributed by atoms with Gasteiger partial charge in [0.2, 0.25) is 5.91 Å². The SMILES string of the molecule is O=C(CN1CCCCCC1c1ccco1)N1CCNC1=O. The molecule has 2 aliphatic rings.